The number of fused-ring (bicyclic) bond motifs is 1. The SMILES string of the molecule is CN(C)c1cccc(Oc2ccc(N)c3ccncc23)c1. The summed E-state index contributed by atoms with van der Waals surface area (Å²) < 4.78 is 6.02. The van der Waals surface area contributed by atoms with Gasteiger partial charge in [-0.2, -0.15) is 0 Å². The van der Waals surface area contributed by atoms with E-state index in [1.54, 1.807) is 12.4 Å². The van der Waals surface area contributed by atoms with E-state index < -0.39 is 0 Å². The fourth-order valence-corrected chi connectivity index (χ4v) is 2.23. The molecular weight excluding hydrogens is 262 g/mol. The highest BCUT2D eigenvalue weighted by molar-refractivity contribution is 5.96. The van der Waals surface area contributed by atoms with Crippen LogP contribution < -0.4 is 15.4 Å². The number of pyridine rings is 1. The highest BCUT2D eigenvalue weighted by Crippen LogP contribution is 2.33. The highest BCUT2D eigenvalue weighted by atomic mass is 16.5. The summed E-state index contributed by atoms with van der Waals surface area (Å²) in [5.41, 5.74) is 7.80. The van der Waals surface area contributed by atoms with E-state index in [1.165, 1.54) is 0 Å². The van der Waals surface area contributed by atoms with Gasteiger partial charge in [0.05, 0.1) is 0 Å². The summed E-state index contributed by atoms with van der Waals surface area (Å²) in [6.07, 6.45) is 3.51. The second-order valence-corrected chi connectivity index (χ2v) is 5.07. The van der Waals surface area contributed by atoms with Crippen LogP contribution in [0.1, 0.15) is 0 Å². The maximum absolute atomic E-state index is 6.02. The van der Waals surface area contributed by atoms with Crippen molar-refractivity contribution in [3.8, 4) is 11.5 Å². The third-order valence-corrected chi connectivity index (χ3v) is 3.37. The average Bonchev–Trinajstić information content (AvgIpc) is 2.51. The molecule has 1 heterocycles. The topological polar surface area (TPSA) is 51.4 Å². The normalized spacial score (nSPS) is 10.6. The van der Waals surface area contributed by atoms with Crippen LogP contribution in [0.15, 0.2) is 54.9 Å². The number of benzene rings is 2. The van der Waals surface area contributed by atoms with Gasteiger partial charge in [0.1, 0.15) is 11.5 Å². The predicted octanol–water partition coefficient (Wildman–Crippen LogP) is 3.68. The number of hydrogen-bond acceptors (Lipinski definition) is 4. The number of nitrogens with zero attached hydrogens (tertiary/aromatic N) is 2. The Hall–Kier alpha value is -2.75. The number of anilines is 2. The minimum atomic E-state index is 0.724. The van der Waals surface area contributed by atoms with Crippen molar-refractivity contribution in [3.05, 3.63) is 54.9 Å². The molecule has 4 heteroatoms. The fourth-order valence-electron chi connectivity index (χ4n) is 2.23. The molecule has 2 N–H and O–H groups in total. The fraction of sp³-hybridized carbons (Fsp3) is 0.118. The van der Waals surface area contributed by atoms with Crippen LogP contribution in [-0.4, -0.2) is 19.1 Å². The zero-order valence-electron chi connectivity index (χ0n) is 12.1. The predicted molar refractivity (Wildman–Crippen MR) is 87.0 cm³/mol. The van der Waals surface area contributed by atoms with Crippen molar-refractivity contribution >= 4 is 22.1 Å². The molecule has 0 radical (unpaired) electrons. The quantitative estimate of drug-likeness (QED) is 0.743. The van der Waals surface area contributed by atoms with Gasteiger partial charge in [-0.15, -0.1) is 0 Å². The smallest absolute Gasteiger partial charge is 0.136 e. The maximum Gasteiger partial charge on any atom is 0.136 e. The largest absolute Gasteiger partial charge is 0.457 e. The van der Waals surface area contributed by atoms with Crippen LogP contribution in [0.25, 0.3) is 10.8 Å². The molecule has 2 aromatic carbocycles. The average molecular weight is 279 g/mol. The van der Waals surface area contributed by atoms with Gasteiger partial charge < -0.3 is 15.4 Å². The molecule has 3 rings (SSSR count). The van der Waals surface area contributed by atoms with Gasteiger partial charge in [-0.1, -0.05) is 6.07 Å². The first-order valence-corrected chi connectivity index (χ1v) is 6.72. The van der Waals surface area contributed by atoms with E-state index in [1.807, 2.05) is 61.5 Å². The third kappa shape index (κ3) is 2.60. The molecule has 0 saturated heterocycles. The standard InChI is InChI=1S/C17H17N3O/c1-20(2)12-4-3-5-13(10-12)21-17-7-6-16(18)14-8-9-19-11-15(14)17/h3-11H,18H2,1-2H3. The molecule has 1 aromatic heterocycles. The van der Waals surface area contributed by atoms with Crippen LogP contribution in [-0.2, 0) is 0 Å². The van der Waals surface area contributed by atoms with Crippen molar-refractivity contribution < 1.29 is 4.74 Å². The molecule has 3 aromatic rings. The van der Waals surface area contributed by atoms with Gasteiger partial charge in [-0.3, -0.25) is 4.98 Å². The summed E-state index contributed by atoms with van der Waals surface area (Å²) in [5.74, 6) is 1.54. The summed E-state index contributed by atoms with van der Waals surface area (Å²) in [4.78, 5) is 6.20. The monoisotopic (exact) mass is 279 g/mol. The molecule has 0 saturated carbocycles. The van der Waals surface area contributed by atoms with E-state index in [-0.39, 0.29) is 0 Å². The Labute approximate surface area is 123 Å². The summed E-state index contributed by atoms with van der Waals surface area (Å²) in [6.45, 7) is 0. The van der Waals surface area contributed by atoms with Crippen LogP contribution in [0, 0.1) is 0 Å². The van der Waals surface area contributed by atoms with Crippen LogP contribution in [0.4, 0.5) is 11.4 Å². The Morgan fingerprint density at radius 1 is 1.05 bits per heavy atom. The Kier molecular flexibility index (Phi) is 3.36. The summed E-state index contributed by atoms with van der Waals surface area (Å²) in [7, 11) is 4.00. The lowest BCUT2D eigenvalue weighted by molar-refractivity contribution is 0.488. The molecule has 21 heavy (non-hydrogen) atoms. The molecule has 0 bridgehead atoms. The first-order valence-electron chi connectivity index (χ1n) is 6.72. The van der Waals surface area contributed by atoms with E-state index in [2.05, 4.69) is 4.98 Å². The molecule has 106 valence electrons. The number of rotatable bonds is 3. The van der Waals surface area contributed by atoms with Crippen LogP contribution in [0.3, 0.4) is 0 Å². The highest BCUT2D eigenvalue weighted by Gasteiger charge is 2.07. The Bertz CT molecular complexity index is 784. The number of hydrogen-bond donors (Lipinski definition) is 1. The number of nitrogen functional groups attached to an aromatic ring is 1. The van der Waals surface area contributed by atoms with E-state index in [0.717, 1.165) is 33.6 Å². The molecular formula is C17H17N3O. The third-order valence-electron chi connectivity index (χ3n) is 3.37. The van der Waals surface area contributed by atoms with Gasteiger partial charge in [-0.25, -0.2) is 0 Å². The molecule has 0 aliphatic heterocycles. The van der Waals surface area contributed by atoms with Crippen LogP contribution in [0.5, 0.6) is 11.5 Å². The van der Waals surface area contributed by atoms with Crippen molar-refractivity contribution in [3.63, 3.8) is 0 Å². The molecule has 0 spiro atoms. The summed E-state index contributed by atoms with van der Waals surface area (Å²) in [5, 5.41) is 1.86. The van der Waals surface area contributed by atoms with E-state index >= 15 is 0 Å². The second-order valence-electron chi connectivity index (χ2n) is 5.07. The number of ether oxygens (including phenoxy) is 1. The first-order chi connectivity index (χ1) is 10.1. The second kappa shape index (κ2) is 5.32. The number of nitrogens with two attached hydrogens (primary N) is 1. The van der Waals surface area contributed by atoms with Gasteiger partial charge in [0, 0.05) is 54.7 Å². The van der Waals surface area contributed by atoms with Gasteiger partial charge >= 0.3 is 0 Å². The number of aromatic nitrogens is 1. The van der Waals surface area contributed by atoms with E-state index in [9.17, 15) is 0 Å². The summed E-state index contributed by atoms with van der Waals surface area (Å²) in [6, 6.07) is 13.6. The molecule has 0 amide bonds. The Morgan fingerprint density at radius 2 is 1.90 bits per heavy atom. The lowest BCUT2D eigenvalue weighted by atomic mass is 10.1. The van der Waals surface area contributed by atoms with E-state index in [0.29, 0.717) is 0 Å². The molecule has 0 atom stereocenters. The zero-order valence-corrected chi connectivity index (χ0v) is 12.1. The molecule has 0 fully saturated rings. The van der Waals surface area contributed by atoms with Crippen LogP contribution >= 0.6 is 0 Å². The minimum absolute atomic E-state index is 0.724. The van der Waals surface area contributed by atoms with Crippen molar-refractivity contribution in [2.45, 2.75) is 0 Å². The van der Waals surface area contributed by atoms with Crippen molar-refractivity contribution in [1.82, 2.24) is 4.98 Å². The van der Waals surface area contributed by atoms with Crippen molar-refractivity contribution in [2.24, 2.45) is 0 Å². The van der Waals surface area contributed by atoms with Crippen molar-refractivity contribution in [1.29, 1.82) is 0 Å². The van der Waals surface area contributed by atoms with Gasteiger partial charge in [-0.05, 0) is 30.3 Å². The van der Waals surface area contributed by atoms with Crippen LogP contribution in [0.2, 0.25) is 0 Å². The van der Waals surface area contributed by atoms with Gasteiger partial charge in [0.15, 0.2) is 0 Å². The van der Waals surface area contributed by atoms with Crippen molar-refractivity contribution in [2.75, 3.05) is 24.7 Å². The summed E-state index contributed by atoms with van der Waals surface area (Å²) >= 11 is 0. The van der Waals surface area contributed by atoms with Gasteiger partial charge in [0.25, 0.3) is 0 Å². The Morgan fingerprint density at radius 3 is 2.71 bits per heavy atom. The molecule has 4 nitrogen and oxygen atoms in total. The first kappa shape index (κ1) is 13.2. The zero-order chi connectivity index (χ0) is 14.8. The maximum atomic E-state index is 6.02. The lowest BCUT2D eigenvalue weighted by Crippen LogP contribution is -2.08. The minimum Gasteiger partial charge on any atom is -0.457 e. The van der Waals surface area contributed by atoms with E-state index in [4.69, 9.17) is 10.5 Å². The molecule has 0 aliphatic carbocycles. The molecule has 0 aliphatic rings. The Balaban J connectivity index is 2.02. The molecule has 0 unspecified atom stereocenters. The van der Waals surface area contributed by atoms with Gasteiger partial charge in [0.2, 0.25) is 0 Å². The lowest BCUT2D eigenvalue weighted by Gasteiger charge is -2.15.